The van der Waals surface area contributed by atoms with E-state index in [0.29, 0.717) is 24.1 Å². The number of likely N-dealkylation sites (tertiary alicyclic amines) is 1. The molecule has 1 amide bonds. The van der Waals surface area contributed by atoms with E-state index in [4.69, 9.17) is 4.74 Å². The van der Waals surface area contributed by atoms with Crippen molar-refractivity contribution >= 4 is 11.6 Å². The number of rotatable bonds is 4. The molecule has 0 aliphatic carbocycles. The molecule has 3 aromatic heterocycles. The fraction of sp³-hybridized carbons (Fsp3) is 0.545. The molecule has 8 heteroatoms. The number of imidazole rings is 1. The highest BCUT2D eigenvalue weighted by Gasteiger charge is 2.26. The molecule has 0 spiro atoms. The van der Waals surface area contributed by atoms with Crippen molar-refractivity contribution in [2.75, 3.05) is 19.7 Å². The monoisotopic (exact) mass is 410 g/mol. The number of carbonyl (C=O) groups excluding carboxylic acids is 1. The average Bonchev–Trinajstić information content (AvgIpc) is 3.29. The van der Waals surface area contributed by atoms with E-state index in [9.17, 15) is 4.79 Å². The first-order chi connectivity index (χ1) is 14.2. The summed E-state index contributed by atoms with van der Waals surface area (Å²) in [4.78, 5) is 19.2. The standard InChI is InChI=1S/C22H30N6O2/c1-15-12-17(24-26(15)5)21(29)27-10-8-16(9-11-27)14-30-20-7-6-19-23-18(22(2,3)4)13-28(19)25-20/h6-7,12-13,16H,8-11,14H2,1-5H3. The molecule has 160 valence electrons. The third-order valence-electron chi connectivity index (χ3n) is 5.77. The number of piperidine rings is 1. The van der Waals surface area contributed by atoms with E-state index in [1.54, 1.807) is 9.20 Å². The molecule has 0 N–H and O–H groups in total. The molecule has 1 fully saturated rings. The van der Waals surface area contributed by atoms with Crippen LogP contribution in [-0.4, -0.2) is 54.9 Å². The molecule has 4 heterocycles. The van der Waals surface area contributed by atoms with Crippen molar-refractivity contribution in [3.63, 3.8) is 0 Å². The van der Waals surface area contributed by atoms with Crippen LogP contribution in [0.2, 0.25) is 0 Å². The molecule has 0 saturated carbocycles. The zero-order chi connectivity index (χ0) is 21.5. The van der Waals surface area contributed by atoms with Gasteiger partial charge in [0.05, 0.1) is 18.5 Å². The molecule has 3 aromatic rings. The predicted octanol–water partition coefficient (Wildman–Crippen LogP) is 3.00. The summed E-state index contributed by atoms with van der Waals surface area (Å²) in [5.74, 6) is 1.02. The van der Waals surface area contributed by atoms with Crippen LogP contribution in [0.25, 0.3) is 5.65 Å². The van der Waals surface area contributed by atoms with E-state index in [1.807, 2.05) is 43.3 Å². The summed E-state index contributed by atoms with van der Waals surface area (Å²) in [5, 5.41) is 8.85. The second-order valence-electron chi connectivity index (χ2n) is 9.19. The van der Waals surface area contributed by atoms with Gasteiger partial charge in [-0.1, -0.05) is 20.8 Å². The van der Waals surface area contributed by atoms with Gasteiger partial charge in [0, 0.05) is 37.3 Å². The van der Waals surface area contributed by atoms with Crippen molar-refractivity contribution < 1.29 is 9.53 Å². The topological polar surface area (TPSA) is 77.6 Å². The third-order valence-corrected chi connectivity index (χ3v) is 5.77. The number of aromatic nitrogens is 5. The lowest BCUT2D eigenvalue weighted by Crippen LogP contribution is -2.40. The normalized spacial score (nSPS) is 15.7. The number of nitrogens with zero attached hydrogens (tertiary/aromatic N) is 6. The lowest BCUT2D eigenvalue weighted by atomic mass is 9.93. The molecule has 30 heavy (non-hydrogen) atoms. The van der Waals surface area contributed by atoms with E-state index < -0.39 is 0 Å². The molecule has 0 bridgehead atoms. The molecule has 0 unspecified atom stereocenters. The third kappa shape index (κ3) is 4.17. The second-order valence-corrected chi connectivity index (χ2v) is 9.19. The SMILES string of the molecule is Cc1cc(C(=O)N2CCC(COc3ccc4nc(C(C)(C)C)cn4n3)CC2)nn1C. The molecule has 0 radical (unpaired) electrons. The molecule has 1 aliphatic rings. The number of fused-ring (bicyclic) bond motifs is 1. The van der Waals surface area contributed by atoms with E-state index in [-0.39, 0.29) is 11.3 Å². The Kier molecular flexibility index (Phi) is 5.26. The van der Waals surface area contributed by atoms with Gasteiger partial charge in [-0.05, 0) is 37.8 Å². The number of carbonyl (C=O) groups is 1. The van der Waals surface area contributed by atoms with Crippen LogP contribution < -0.4 is 4.74 Å². The lowest BCUT2D eigenvalue weighted by molar-refractivity contribution is 0.0652. The Morgan fingerprint density at radius 1 is 1.20 bits per heavy atom. The quantitative estimate of drug-likeness (QED) is 0.661. The van der Waals surface area contributed by atoms with Gasteiger partial charge >= 0.3 is 0 Å². The van der Waals surface area contributed by atoms with Crippen LogP contribution in [0.4, 0.5) is 0 Å². The van der Waals surface area contributed by atoms with Crippen molar-refractivity contribution in [2.45, 2.75) is 46.0 Å². The number of ether oxygens (including phenoxy) is 1. The summed E-state index contributed by atoms with van der Waals surface area (Å²) in [6.45, 7) is 10.4. The Hall–Kier alpha value is -2.90. The maximum atomic E-state index is 12.6. The highest BCUT2D eigenvalue weighted by molar-refractivity contribution is 5.92. The van der Waals surface area contributed by atoms with E-state index in [2.05, 4.69) is 36.0 Å². The van der Waals surface area contributed by atoms with Crippen molar-refractivity contribution in [3.8, 4) is 5.88 Å². The van der Waals surface area contributed by atoms with Gasteiger partial charge in [-0.3, -0.25) is 9.48 Å². The summed E-state index contributed by atoms with van der Waals surface area (Å²) in [7, 11) is 1.86. The number of hydrogen-bond acceptors (Lipinski definition) is 5. The zero-order valence-electron chi connectivity index (χ0n) is 18.4. The molecule has 8 nitrogen and oxygen atoms in total. The minimum absolute atomic E-state index is 0.0138. The van der Waals surface area contributed by atoms with Crippen LogP contribution in [0.3, 0.4) is 0 Å². The molecular weight excluding hydrogens is 380 g/mol. The van der Waals surface area contributed by atoms with Crippen LogP contribution >= 0.6 is 0 Å². The van der Waals surface area contributed by atoms with Crippen LogP contribution in [0, 0.1) is 12.8 Å². The van der Waals surface area contributed by atoms with Crippen LogP contribution in [-0.2, 0) is 12.5 Å². The Morgan fingerprint density at radius 3 is 2.57 bits per heavy atom. The highest BCUT2D eigenvalue weighted by Crippen LogP contribution is 2.23. The first kappa shape index (κ1) is 20.4. The number of aryl methyl sites for hydroxylation is 2. The van der Waals surface area contributed by atoms with Crippen LogP contribution in [0.15, 0.2) is 24.4 Å². The Morgan fingerprint density at radius 2 is 1.93 bits per heavy atom. The Bertz CT molecular complexity index is 1030. The van der Waals surface area contributed by atoms with Gasteiger partial charge < -0.3 is 9.64 Å². The molecule has 1 saturated heterocycles. The van der Waals surface area contributed by atoms with E-state index >= 15 is 0 Å². The fourth-order valence-corrected chi connectivity index (χ4v) is 3.64. The Labute approximate surface area is 176 Å². The molecule has 1 aliphatic heterocycles. The molecular formula is C22H30N6O2. The second kappa shape index (κ2) is 7.74. The fourth-order valence-electron chi connectivity index (χ4n) is 3.64. The number of hydrogen-bond donors (Lipinski definition) is 0. The smallest absolute Gasteiger partial charge is 0.274 e. The molecule has 0 aromatic carbocycles. The summed E-state index contributed by atoms with van der Waals surface area (Å²) < 4.78 is 9.49. The number of amides is 1. The van der Waals surface area contributed by atoms with Gasteiger partial charge in [-0.25, -0.2) is 9.50 Å². The van der Waals surface area contributed by atoms with Gasteiger partial charge in [0.25, 0.3) is 5.91 Å². The summed E-state index contributed by atoms with van der Waals surface area (Å²) in [6, 6.07) is 5.66. The maximum absolute atomic E-state index is 12.6. The van der Waals surface area contributed by atoms with Crippen molar-refractivity contribution in [1.29, 1.82) is 0 Å². The van der Waals surface area contributed by atoms with E-state index in [0.717, 1.165) is 43.0 Å². The van der Waals surface area contributed by atoms with Gasteiger partial charge in [0.1, 0.15) is 0 Å². The minimum Gasteiger partial charge on any atom is -0.476 e. The first-order valence-corrected chi connectivity index (χ1v) is 10.5. The van der Waals surface area contributed by atoms with Crippen molar-refractivity contribution in [3.05, 3.63) is 41.5 Å². The van der Waals surface area contributed by atoms with Gasteiger partial charge in [0.2, 0.25) is 5.88 Å². The van der Waals surface area contributed by atoms with Gasteiger partial charge in [-0.15, -0.1) is 5.10 Å². The largest absolute Gasteiger partial charge is 0.476 e. The molecule has 0 atom stereocenters. The minimum atomic E-state index is -0.0197. The van der Waals surface area contributed by atoms with Crippen LogP contribution in [0.1, 0.15) is 55.5 Å². The highest BCUT2D eigenvalue weighted by atomic mass is 16.5. The first-order valence-electron chi connectivity index (χ1n) is 10.5. The van der Waals surface area contributed by atoms with Gasteiger partial charge in [-0.2, -0.15) is 5.10 Å². The summed E-state index contributed by atoms with van der Waals surface area (Å²) in [5.41, 5.74) is 3.32. The average molecular weight is 411 g/mol. The van der Waals surface area contributed by atoms with Crippen LogP contribution in [0.5, 0.6) is 5.88 Å². The van der Waals surface area contributed by atoms with Gasteiger partial charge in [0.15, 0.2) is 11.3 Å². The van der Waals surface area contributed by atoms with Crippen molar-refractivity contribution in [2.24, 2.45) is 13.0 Å². The maximum Gasteiger partial charge on any atom is 0.274 e. The van der Waals surface area contributed by atoms with E-state index in [1.165, 1.54) is 0 Å². The van der Waals surface area contributed by atoms with Crippen molar-refractivity contribution in [1.82, 2.24) is 29.3 Å². The molecule has 4 rings (SSSR count). The predicted molar refractivity (Wildman–Crippen MR) is 114 cm³/mol. The lowest BCUT2D eigenvalue weighted by Gasteiger charge is -2.31. The summed E-state index contributed by atoms with van der Waals surface area (Å²) >= 11 is 0. The summed E-state index contributed by atoms with van der Waals surface area (Å²) in [6.07, 6.45) is 3.80. The zero-order valence-corrected chi connectivity index (χ0v) is 18.4. The Balaban J connectivity index is 1.32.